The molecule has 134 valence electrons. The van der Waals surface area contributed by atoms with Crippen LogP contribution in [0.25, 0.3) is 11.3 Å². The van der Waals surface area contributed by atoms with E-state index in [0.29, 0.717) is 24.9 Å². The molecule has 1 amide bonds. The number of carbonyl (C=O) groups is 1. The van der Waals surface area contributed by atoms with Gasteiger partial charge in [-0.3, -0.25) is 10.1 Å². The number of benzene rings is 1. The van der Waals surface area contributed by atoms with Crippen LogP contribution >= 0.6 is 0 Å². The second kappa shape index (κ2) is 7.77. The molecule has 0 atom stereocenters. The lowest BCUT2D eigenvalue weighted by Gasteiger charge is -2.09. The SMILES string of the molecule is Cc1cc(C)nc(NCCC(=O)Nc2ncc(-c3ccccc3)n2C)n1. The maximum Gasteiger partial charge on any atom is 0.228 e. The minimum atomic E-state index is -0.116. The number of anilines is 2. The molecule has 0 fully saturated rings. The molecule has 26 heavy (non-hydrogen) atoms. The molecule has 7 nitrogen and oxygen atoms in total. The third-order valence-corrected chi connectivity index (χ3v) is 3.93. The van der Waals surface area contributed by atoms with Crippen LogP contribution in [0.2, 0.25) is 0 Å². The molecule has 0 aliphatic carbocycles. The number of nitrogens with zero attached hydrogens (tertiary/aromatic N) is 4. The highest BCUT2D eigenvalue weighted by atomic mass is 16.1. The molecule has 7 heteroatoms. The van der Waals surface area contributed by atoms with Crippen LogP contribution in [0.4, 0.5) is 11.9 Å². The summed E-state index contributed by atoms with van der Waals surface area (Å²) in [6.07, 6.45) is 2.05. The summed E-state index contributed by atoms with van der Waals surface area (Å²) >= 11 is 0. The van der Waals surface area contributed by atoms with Gasteiger partial charge in [-0.15, -0.1) is 0 Å². The molecule has 2 aromatic heterocycles. The fourth-order valence-electron chi connectivity index (χ4n) is 2.68. The summed E-state index contributed by atoms with van der Waals surface area (Å²) in [6.45, 7) is 4.28. The van der Waals surface area contributed by atoms with Crippen LogP contribution < -0.4 is 10.6 Å². The molecule has 0 radical (unpaired) electrons. The Morgan fingerprint density at radius 2 is 1.81 bits per heavy atom. The molecular weight excluding hydrogens is 328 g/mol. The van der Waals surface area contributed by atoms with Crippen LogP contribution in [-0.4, -0.2) is 32.0 Å². The molecule has 2 heterocycles. The second-order valence-electron chi connectivity index (χ2n) is 6.09. The minimum absolute atomic E-state index is 0.116. The van der Waals surface area contributed by atoms with Crippen molar-refractivity contribution in [1.29, 1.82) is 0 Å². The van der Waals surface area contributed by atoms with E-state index in [2.05, 4.69) is 25.6 Å². The Morgan fingerprint density at radius 3 is 2.50 bits per heavy atom. The molecule has 3 rings (SSSR count). The highest BCUT2D eigenvalue weighted by molar-refractivity contribution is 5.89. The number of aromatic nitrogens is 4. The molecule has 0 aliphatic rings. The lowest BCUT2D eigenvalue weighted by molar-refractivity contribution is -0.116. The van der Waals surface area contributed by atoms with Gasteiger partial charge in [-0.25, -0.2) is 15.0 Å². The Morgan fingerprint density at radius 1 is 1.12 bits per heavy atom. The Kier molecular flexibility index (Phi) is 5.26. The normalized spacial score (nSPS) is 10.6. The van der Waals surface area contributed by atoms with Crippen LogP contribution in [0.3, 0.4) is 0 Å². The summed E-state index contributed by atoms with van der Waals surface area (Å²) in [5, 5.41) is 5.92. The summed E-state index contributed by atoms with van der Waals surface area (Å²) in [5.41, 5.74) is 3.79. The van der Waals surface area contributed by atoms with E-state index in [4.69, 9.17) is 0 Å². The first-order valence-electron chi connectivity index (χ1n) is 8.46. The van der Waals surface area contributed by atoms with Gasteiger partial charge >= 0.3 is 0 Å². The van der Waals surface area contributed by atoms with Crippen molar-refractivity contribution in [2.24, 2.45) is 7.05 Å². The van der Waals surface area contributed by atoms with E-state index in [1.807, 2.05) is 61.9 Å². The average Bonchev–Trinajstić information content (AvgIpc) is 2.95. The van der Waals surface area contributed by atoms with Gasteiger partial charge in [0.05, 0.1) is 11.9 Å². The number of hydrogen-bond acceptors (Lipinski definition) is 5. The molecule has 0 spiro atoms. The summed E-state index contributed by atoms with van der Waals surface area (Å²) in [6, 6.07) is 11.8. The van der Waals surface area contributed by atoms with Crippen LogP contribution in [0, 0.1) is 13.8 Å². The van der Waals surface area contributed by atoms with E-state index < -0.39 is 0 Å². The van der Waals surface area contributed by atoms with Crippen molar-refractivity contribution in [1.82, 2.24) is 19.5 Å². The maximum atomic E-state index is 12.2. The van der Waals surface area contributed by atoms with E-state index >= 15 is 0 Å². The van der Waals surface area contributed by atoms with Crippen molar-refractivity contribution in [3.05, 3.63) is 54.0 Å². The van der Waals surface area contributed by atoms with Crippen molar-refractivity contribution < 1.29 is 4.79 Å². The molecule has 0 aliphatic heterocycles. The van der Waals surface area contributed by atoms with Crippen LogP contribution in [-0.2, 0) is 11.8 Å². The largest absolute Gasteiger partial charge is 0.354 e. The third kappa shape index (κ3) is 4.24. The highest BCUT2D eigenvalue weighted by Crippen LogP contribution is 2.21. The predicted octanol–water partition coefficient (Wildman–Crippen LogP) is 2.93. The second-order valence-corrected chi connectivity index (χ2v) is 6.09. The Bertz CT molecular complexity index is 883. The molecule has 3 aromatic rings. The first-order valence-corrected chi connectivity index (χ1v) is 8.46. The van der Waals surface area contributed by atoms with Gasteiger partial charge in [-0.05, 0) is 25.5 Å². The number of rotatable bonds is 6. The number of carbonyl (C=O) groups excluding carboxylic acids is 1. The number of amides is 1. The van der Waals surface area contributed by atoms with Crippen molar-refractivity contribution >= 4 is 17.8 Å². The molecule has 2 N–H and O–H groups in total. The summed E-state index contributed by atoms with van der Waals surface area (Å²) in [7, 11) is 1.88. The first-order chi connectivity index (χ1) is 12.5. The van der Waals surface area contributed by atoms with Crippen LogP contribution in [0.1, 0.15) is 17.8 Å². The van der Waals surface area contributed by atoms with Crippen molar-refractivity contribution in [3.63, 3.8) is 0 Å². The van der Waals surface area contributed by atoms with E-state index in [9.17, 15) is 4.79 Å². The number of imidazole rings is 1. The molecule has 0 bridgehead atoms. The van der Waals surface area contributed by atoms with Crippen molar-refractivity contribution in [2.45, 2.75) is 20.3 Å². The zero-order valence-corrected chi connectivity index (χ0v) is 15.2. The Balaban J connectivity index is 1.56. The van der Waals surface area contributed by atoms with Gasteiger partial charge in [0.15, 0.2) is 0 Å². The van der Waals surface area contributed by atoms with E-state index in [0.717, 1.165) is 22.6 Å². The summed E-state index contributed by atoms with van der Waals surface area (Å²) < 4.78 is 1.87. The number of aryl methyl sites for hydroxylation is 2. The van der Waals surface area contributed by atoms with Gasteiger partial charge in [-0.2, -0.15) is 0 Å². The standard InChI is InChI=1S/C19H22N6O/c1-13-11-14(2)23-18(22-13)20-10-9-17(26)24-19-21-12-16(25(19)3)15-7-5-4-6-8-15/h4-8,11-12H,9-10H2,1-3H3,(H,20,22,23)(H,21,24,26). The van der Waals surface area contributed by atoms with Gasteiger partial charge in [0.1, 0.15) is 0 Å². The lowest BCUT2D eigenvalue weighted by atomic mass is 10.2. The minimum Gasteiger partial charge on any atom is -0.354 e. The predicted molar refractivity (Wildman–Crippen MR) is 102 cm³/mol. The zero-order chi connectivity index (χ0) is 18.5. The molecule has 1 aromatic carbocycles. The zero-order valence-electron chi connectivity index (χ0n) is 15.2. The number of hydrogen-bond donors (Lipinski definition) is 2. The van der Waals surface area contributed by atoms with Gasteiger partial charge < -0.3 is 9.88 Å². The molecular formula is C19H22N6O. The first kappa shape index (κ1) is 17.6. The maximum absolute atomic E-state index is 12.2. The quantitative estimate of drug-likeness (QED) is 0.714. The van der Waals surface area contributed by atoms with E-state index in [1.165, 1.54) is 0 Å². The summed E-state index contributed by atoms with van der Waals surface area (Å²) in [5.74, 6) is 0.949. The number of nitrogens with one attached hydrogen (secondary N) is 2. The third-order valence-electron chi connectivity index (χ3n) is 3.93. The highest BCUT2D eigenvalue weighted by Gasteiger charge is 2.11. The van der Waals surface area contributed by atoms with Gasteiger partial charge in [0.2, 0.25) is 17.8 Å². The van der Waals surface area contributed by atoms with Crippen LogP contribution in [0.15, 0.2) is 42.6 Å². The van der Waals surface area contributed by atoms with Gasteiger partial charge in [0, 0.05) is 31.4 Å². The topological polar surface area (TPSA) is 84.7 Å². The van der Waals surface area contributed by atoms with E-state index in [-0.39, 0.29) is 5.91 Å². The monoisotopic (exact) mass is 350 g/mol. The fourth-order valence-corrected chi connectivity index (χ4v) is 2.68. The lowest BCUT2D eigenvalue weighted by Crippen LogP contribution is -2.19. The fraction of sp³-hybridized carbons (Fsp3) is 0.263. The smallest absolute Gasteiger partial charge is 0.228 e. The van der Waals surface area contributed by atoms with Crippen molar-refractivity contribution in [2.75, 3.05) is 17.2 Å². The Hall–Kier alpha value is -3.22. The van der Waals surface area contributed by atoms with Crippen molar-refractivity contribution in [3.8, 4) is 11.3 Å². The average molecular weight is 350 g/mol. The van der Waals surface area contributed by atoms with Crippen LogP contribution in [0.5, 0.6) is 0 Å². The molecule has 0 unspecified atom stereocenters. The summed E-state index contributed by atoms with van der Waals surface area (Å²) in [4.78, 5) is 25.1. The molecule has 0 saturated heterocycles. The van der Waals surface area contributed by atoms with Gasteiger partial charge in [-0.1, -0.05) is 30.3 Å². The Labute approximate surface area is 152 Å². The van der Waals surface area contributed by atoms with E-state index in [1.54, 1.807) is 6.20 Å². The van der Waals surface area contributed by atoms with Gasteiger partial charge in [0.25, 0.3) is 0 Å². The molecule has 0 saturated carbocycles.